The summed E-state index contributed by atoms with van der Waals surface area (Å²) in [6, 6.07) is 9.98. The molecule has 0 spiro atoms. The van der Waals surface area contributed by atoms with Crippen molar-refractivity contribution < 1.29 is 14.6 Å². The van der Waals surface area contributed by atoms with Crippen molar-refractivity contribution in [1.82, 2.24) is 4.98 Å². The van der Waals surface area contributed by atoms with Gasteiger partial charge in [-0.1, -0.05) is 12.1 Å². The van der Waals surface area contributed by atoms with E-state index in [1.165, 1.54) is 5.56 Å². The highest BCUT2D eigenvalue weighted by Crippen LogP contribution is 2.28. The third-order valence-corrected chi connectivity index (χ3v) is 3.69. The number of aromatic nitrogens is 1. The maximum Gasteiger partial charge on any atom is 0.160 e. The molecule has 0 bridgehead atoms. The third kappa shape index (κ3) is 4.21. The fourth-order valence-electron chi connectivity index (χ4n) is 2.54. The zero-order chi connectivity index (χ0) is 15.8. The second-order valence-electron chi connectivity index (χ2n) is 5.13. The molecule has 4 nitrogen and oxygen atoms in total. The van der Waals surface area contributed by atoms with Crippen LogP contribution in [0.3, 0.4) is 0 Å². The number of hydrogen-bond donors (Lipinski definition) is 1. The monoisotopic (exact) mass is 301 g/mol. The minimum absolute atomic E-state index is 0.161. The summed E-state index contributed by atoms with van der Waals surface area (Å²) in [6.07, 6.45) is 5.34. The van der Waals surface area contributed by atoms with Crippen molar-refractivity contribution in [2.24, 2.45) is 0 Å². The Morgan fingerprint density at radius 3 is 2.55 bits per heavy atom. The van der Waals surface area contributed by atoms with E-state index < -0.39 is 0 Å². The van der Waals surface area contributed by atoms with Crippen molar-refractivity contribution in [3.8, 4) is 11.5 Å². The van der Waals surface area contributed by atoms with Crippen LogP contribution in [0.15, 0.2) is 36.5 Å². The van der Waals surface area contributed by atoms with Crippen molar-refractivity contribution in [1.29, 1.82) is 0 Å². The fourth-order valence-corrected chi connectivity index (χ4v) is 2.54. The first-order valence-corrected chi connectivity index (χ1v) is 7.53. The predicted molar refractivity (Wildman–Crippen MR) is 86.6 cm³/mol. The van der Waals surface area contributed by atoms with E-state index in [1.807, 2.05) is 30.5 Å². The highest BCUT2D eigenvalue weighted by Gasteiger charge is 2.06. The third-order valence-electron chi connectivity index (χ3n) is 3.69. The standard InChI is InChI=1S/C18H23NO3/c1-21-17-9-8-14(13-18(17)22-2)5-3-7-16-15(10-12-20)6-4-11-19-16/h4,6,8-9,11,13,20H,3,5,7,10,12H2,1-2H3. The molecule has 0 saturated carbocycles. The topological polar surface area (TPSA) is 51.6 Å². The minimum atomic E-state index is 0.161. The first-order chi connectivity index (χ1) is 10.8. The van der Waals surface area contributed by atoms with E-state index in [-0.39, 0.29) is 6.61 Å². The maximum atomic E-state index is 9.10. The Morgan fingerprint density at radius 2 is 1.82 bits per heavy atom. The number of aliphatic hydroxyl groups excluding tert-OH is 1. The van der Waals surface area contributed by atoms with Gasteiger partial charge in [0.2, 0.25) is 0 Å². The largest absolute Gasteiger partial charge is 0.493 e. The van der Waals surface area contributed by atoms with E-state index in [9.17, 15) is 0 Å². The lowest BCUT2D eigenvalue weighted by molar-refractivity contribution is 0.299. The molecule has 0 atom stereocenters. The van der Waals surface area contributed by atoms with E-state index in [0.717, 1.165) is 42.0 Å². The van der Waals surface area contributed by atoms with E-state index >= 15 is 0 Å². The first-order valence-electron chi connectivity index (χ1n) is 7.53. The Morgan fingerprint density at radius 1 is 1.00 bits per heavy atom. The molecule has 0 aliphatic heterocycles. The lowest BCUT2D eigenvalue weighted by Gasteiger charge is -2.10. The maximum absolute atomic E-state index is 9.10. The second-order valence-corrected chi connectivity index (χ2v) is 5.13. The molecule has 0 radical (unpaired) electrons. The summed E-state index contributed by atoms with van der Waals surface area (Å²) in [5.74, 6) is 1.51. The number of hydrogen-bond acceptors (Lipinski definition) is 4. The molecular weight excluding hydrogens is 278 g/mol. The fraction of sp³-hybridized carbons (Fsp3) is 0.389. The summed E-state index contributed by atoms with van der Waals surface area (Å²) >= 11 is 0. The van der Waals surface area contributed by atoms with Crippen molar-refractivity contribution >= 4 is 0 Å². The Kier molecular flexibility index (Phi) is 6.22. The van der Waals surface area contributed by atoms with Crippen LogP contribution in [0, 0.1) is 0 Å². The molecule has 4 heteroatoms. The lowest BCUT2D eigenvalue weighted by atomic mass is 10.0. The van der Waals surface area contributed by atoms with Gasteiger partial charge in [0.25, 0.3) is 0 Å². The van der Waals surface area contributed by atoms with E-state index in [0.29, 0.717) is 6.42 Å². The Bertz CT molecular complexity index is 599. The number of nitrogens with zero attached hydrogens (tertiary/aromatic N) is 1. The highest BCUT2D eigenvalue weighted by atomic mass is 16.5. The molecule has 0 amide bonds. The van der Waals surface area contributed by atoms with Crippen molar-refractivity contribution in [3.63, 3.8) is 0 Å². The molecule has 1 N–H and O–H groups in total. The Balaban J connectivity index is 1.96. The van der Waals surface area contributed by atoms with Crippen LogP contribution in [0.1, 0.15) is 23.2 Å². The first kappa shape index (κ1) is 16.3. The van der Waals surface area contributed by atoms with Crippen LogP contribution in [-0.2, 0) is 19.3 Å². The van der Waals surface area contributed by atoms with Gasteiger partial charge in [0.05, 0.1) is 14.2 Å². The summed E-state index contributed by atoms with van der Waals surface area (Å²) in [4.78, 5) is 4.43. The molecule has 0 aliphatic rings. The molecule has 0 saturated heterocycles. The molecule has 0 fully saturated rings. The van der Waals surface area contributed by atoms with Crippen LogP contribution in [0.2, 0.25) is 0 Å². The van der Waals surface area contributed by atoms with Crippen molar-refractivity contribution in [2.75, 3.05) is 20.8 Å². The molecule has 1 aromatic carbocycles. The van der Waals surface area contributed by atoms with Gasteiger partial charge in [-0.2, -0.15) is 0 Å². The van der Waals surface area contributed by atoms with Crippen molar-refractivity contribution in [3.05, 3.63) is 53.3 Å². The SMILES string of the molecule is COc1ccc(CCCc2ncccc2CCO)cc1OC. The molecule has 0 unspecified atom stereocenters. The lowest BCUT2D eigenvalue weighted by Crippen LogP contribution is -2.01. The zero-order valence-corrected chi connectivity index (χ0v) is 13.2. The van der Waals surface area contributed by atoms with Crippen molar-refractivity contribution in [2.45, 2.75) is 25.7 Å². The van der Waals surface area contributed by atoms with E-state index in [1.54, 1.807) is 14.2 Å². The van der Waals surface area contributed by atoms with Gasteiger partial charge in [0, 0.05) is 18.5 Å². The second kappa shape index (κ2) is 8.39. The van der Waals surface area contributed by atoms with E-state index in [4.69, 9.17) is 14.6 Å². The van der Waals surface area contributed by atoms with Crippen LogP contribution in [0.25, 0.3) is 0 Å². The summed E-state index contributed by atoms with van der Waals surface area (Å²) in [6.45, 7) is 0.161. The van der Waals surface area contributed by atoms with E-state index in [2.05, 4.69) is 11.1 Å². The van der Waals surface area contributed by atoms with Gasteiger partial charge in [-0.15, -0.1) is 0 Å². The number of benzene rings is 1. The zero-order valence-electron chi connectivity index (χ0n) is 13.2. The molecule has 0 aliphatic carbocycles. The highest BCUT2D eigenvalue weighted by molar-refractivity contribution is 5.42. The van der Waals surface area contributed by atoms with Crippen LogP contribution < -0.4 is 9.47 Å². The number of pyridine rings is 1. The molecule has 2 aromatic rings. The van der Waals surface area contributed by atoms with Crippen LogP contribution >= 0.6 is 0 Å². The average Bonchev–Trinajstić information content (AvgIpc) is 2.56. The molecule has 22 heavy (non-hydrogen) atoms. The minimum Gasteiger partial charge on any atom is -0.493 e. The average molecular weight is 301 g/mol. The summed E-state index contributed by atoms with van der Waals surface area (Å²) < 4.78 is 10.6. The van der Waals surface area contributed by atoms with Gasteiger partial charge in [-0.05, 0) is 55.0 Å². The van der Waals surface area contributed by atoms with Gasteiger partial charge >= 0.3 is 0 Å². The number of aliphatic hydroxyl groups is 1. The molecule has 1 heterocycles. The molecular formula is C18H23NO3. The van der Waals surface area contributed by atoms with Crippen LogP contribution in [-0.4, -0.2) is 30.9 Å². The summed E-state index contributed by atoms with van der Waals surface area (Å²) in [7, 11) is 3.29. The number of aryl methyl sites for hydroxylation is 2. The van der Waals surface area contributed by atoms with Gasteiger partial charge in [-0.3, -0.25) is 4.98 Å². The van der Waals surface area contributed by atoms with Gasteiger partial charge in [-0.25, -0.2) is 0 Å². The van der Waals surface area contributed by atoms with Gasteiger partial charge < -0.3 is 14.6 Å². The Labute approximate surface area is 131 Å². The van der Waals surface area contributed by atoms with Crippen LogP contribution in [0.4, 0.5) is 0 Å². The molecule has 118 valence electrons. The normalized spacial score (nSPS) is 10.5. The predicted octanol–water partition coefficient (Wildman–Crippen LogP) is 2.81. The molecule has 2 rings (SSSR count). The quantitative estimate of drug-likeness (QED) is 0.814. The van der Waals surface area contributed by atoms with Gasteiger partial charge in [0.1, 0.15) is 0 Å². The number of methoxy groups -OCH3 is 2. The molecule has 1 aromatic heterocycles. The Hall–Kier alpha value is -2.07. The number of rotatable bonds is 8. The smallest absolute Gasteiger partial charge is 0.160 e. The van der Waals surface area contributed by atoms with Crippen LogP contribution in [0.5, 0.6) is 11.5 Å². The summed E-state index contributed by atoms with van der Waals surface area (Å²) in [5.41, 5.74) is 3.44. The number of ether oxygens (including phenoxy) is 2. The van der Waals surface area contributed by atoms with Gasteiger partial charge in [0.15, 0.2) is 11.5 Å². The summed E-state index contributed by atoms with van der Waals surface area (Å²) in [5, 5.41) is 9.10.